The van der Waals surface area contributed by atoms with Crippen molar-refractivity contribution in [2.45, 2.75) is 51.4 Å². The third-order valence-corrected chi connectivity index (χ3v) is 5.10. The maximum absolute atomic E-state index is 12.3. The Kier molecular flexibility index (Phi) is 6.38. The zero-order valence-electron chi connectivity index (χ0n) is 15.8. The zero-order valence-corrected chi connectivity index (χ0v) is 15.8. The van der Waals surface area contributed by atoms with Crippen LogP contribution in [0.5, 0.6) is 0 Å². The summed E-state index contributed by atoms with van der Waals surface area (Å²) in [5.41, 5.74) is -0.961. The van der Waals surface area contributed by atoms with Crippen LogP contribution in [0.3, 0.4) is 0 Å². The van der Waals surface area contributed by atoms with E-state index in [1.165, 1.54) is 19.1 Å². The van der Waals surface area contributed by atoms with Gasteiger partial charge in [0, 0.05) is 23.5 Å². The van der Waals surface area contributed by atoms with Crippen molar-refractivity contribution in [3.8, 4) is 0 Å². The number of ether oxygens (including phenoxy) is 2. The van der Waals surface area contributed by atoms with Gasteiger partial charge in [0.25, 0.3) is 0 Å². The van der Waals surface area contributed by atoms with Gasteiger partial charge in [-0.3, -0.25) is 4.79 Å². The molecule has 148 valence electrons. The van der Waals surface area contributed by atoms with Gasteiger partial charge in [-0.2, -0.15) is 0 Å². The predicted octanol–water partition coefficient (Wildman–Crippen LogP) is 1.24. The first kappa shape index (κ1) is 21.1. The van der Waals surface area contributed by atoms with Gasteiger partial charge in [-0.05, 0) is 39.3 Å². The van der Waals surface area contributed by atoms with Crippen LogP contribution in [0.25, 0.3) is 0 Å². The molecule has 0 spiro atoms. The summed E-state index contributed by atoms with van der Waals surface area (Å²) in [5.74, 6) is -3.09. The molecule has 0 radical (unpaired) electrons. The molecule has 2 N–H and O–H groups in total. The molecule has 1 aliphatic heterocycles. The van der Waals surface area contributed by atoms with Crippen LogP contribution in [0.2, 0.25) is 0 Å². The lowest BCUT2D eigenvalue weighted by molar-refractivity contribution is -0.152. The third kappa shape index (κ3) is 4.73. The van der Waals surface area contributed by atoms with Crippen molar-refractivity contribution in [3.63, 3.8) is 0 Å². The van der Waals surface area contributed by atoms with Crippen molar-refractivity contribution in [3.05, 3.63) is 36.0 Å². The van der Waals surface area contributed by atoms with E-state index in [0.29, 0.717) is 5.57 Å². The summed E-state index contributed by atoms with van der Waals surface area (Å²) in [4.78, 5) is 36.7. The van der Waals surface area contributed by atoms with Crippen molar-refractivity contribution >= 4 is 17.7 Å². The number of hydrogen-bond acceptors (Lipinski definition) is 7. The molecule has 0 aromatic rings. The van der Waals surface area contributed by atoms with Crippen molar-refractivity contribution in [2.24, 2.45) is 11.8 Å². The molecule has 0 bridgehead atoms. The Morgan fingerprint density at radius 3 is 2.74 bits per heavy atom. The van der Waals surface area contributed by atoms with Gasteiger partial charge in [-0.15, -0.1) is 0 Å². The Bertz CT molecular complexity index is 701. The smallest absolute Gasteiger partial charge is 0.334 e. The summed E-state index contributed by atoms with van der Waals surface area (Å²) in [6.07, 6.45) is 2.50. The number of esters is 2. The van der Waals surface area contributed by atoms with Crippen molar-refractivity contribution < 1.29 is 34.1 Å². The summed E-state index contributed by atoms with van der Waals surface area (Å²) in [5, 5.41) is 20.2. The number of aliphatic hydroxyl groups excluding tert-OH is 1. The number of allylic oxidation sites excluding steroid dienone is 2. The van der Waals surface area contributed by atoms with E-state index in [4.69, 9.17) is 9.47 Å². The molecule has 2 rings (SSSR count). The van der Waals surface area contributed by atoms with E-state index in [1.54, 1.807) is 19.9 Å². The molecule has 7 heteroatoms. The Balaban J connectivity index is 2.46. The van der Waals surface area contributed by atoms with Gasteiger partial charge in [0.1, 0.15) is 12.2 Å². The van der Waals surface area contributed by atoms with Gasteiger partial charge in [0.15, 0.2) is 5.78 Å². The lowest BCUT2D eigenvalue weighted by atomic mass is 9.79. The molecular weight excluding hydrogens is 352 g/mol. The summed E-state index contributed by atoms with van der Waals surface area (Å²) in [7, 11) is 0. The monoisotopic (exact) mass is 378 g/mol. The second-order valence-corrected chi connectivity index (χ2v) is 7.32. The Labute approximate surface area is 158 Å². The first-order chi connectivity index (χ1) is 12.6. The van der Waals surface area contributed by atoms with Gasteiger partial charge in [-0.25, -0.2) is 9.59 Å². The molecule has 0 aromatic heterocycles. The summed E-state index contributed by atoms with van der Waals surface area (Å²) in [6.45, 7) is 8.11. The van der Waals surface area contributed by atoms with Gasteiger partial charge in [-0.1, -0.05) is 12.7 Å². The minimum Gasteiger partial charge on any atom is -0.458 e. The van der Waals surface area contributed by atoms with Crippen LogP contribution in [0.1, 0.15) is 33.6 Å². The van der Waals surface area contributed by atoms with E-state index >= 15 is 0 Å². The molecule has 5 atom stereocenters. The summed E-state index contributed by atoms with van der Waals surface area (Å²) in [6, 6.07) is 0. The molecule has 1 aliphatic carbocycles. The molecule has 0 amide bonds. The van der Waals surface area contributed by atoms with Gasteiger partial charge >= 0.3 is 11.9 Å². The first-order valence-corrected chi connectivity index (χ1v) is 8.89. The van der Waals surface area contributed by atoms with Crippen LogP contribution in [0.15, 0.2) is 36.0 Å². The van der Waals surface area contributed by atoms with Crippen molar-refractivity contribution in [2.75, 3.05) is 6.61 Å². The number of carbonyl (C=O) groups is 3. The van der Waals surface area contributed by atoms with E-state index in [0.717, 1.165) is 0 Å². The molecule has 1 fully saturated rings. The Hall–Kier alpha value is -2.25. The fraction of sp³-hybridized carbons (Fsp3) is 0.550. The average Bonchev–Trinajstić information content (AvgIpc) is 2.89. The highest BCUT2D eigenvalue weighted by molar-refractivity contribution is 5.93. The molecule has 2 aliphatic rings. The molecule has 0 saturated carbocycles. The Morgan fingerprint density at radius 1 is 1.48 bits per heavy atom. The zero-order chi connectivity index (χ0) is 20.4. The quantitative estimate of drug-likeness (QED) is 0.561. The second kappa shape index (κ2) is 8.19. The number of hydrogen-bond donors (Lipinski definition) is 2. The average molecular weight is 378 g/mol. The minimum absolute atomic E-state index is 0.0415. The van der Waals surface area contributed by atoms with Crippen molar-refractivity contribution in [1.29, 1.82) is 0 Å². The molecule has 7 nitrogen and oxygen atoms in total. The van der Waals surface area contributed by atoms with E-state index < -0.39 is 48.2 Å². The topological polar surface area (TPSA) is 110 Å². The highest BCUT2D eigenvalue weighted by Crippen LogP contribution is 2.38. The largest absolute Gasteiger partial charge is 0.458 e. The van der Waals surface area contributed by atoms with Gasteiger partial charge in [0.05, 0.1) is 18.1 Å². The van der Waals surface area contributed by atoms with Crippen molar-refractivity contribution in [1.82, 2.24) is 0 Å². The standard InChI is InChI=1S/C20H26O7/c1-5-11(2)18(23)27-16-9-20(4,25)7-6-14(22)13(10-21)8-15-17(16)12(3)19(24)26-15/h5-7,13,15-17,21,25H,3,8-10H2,1-2,4H3/b7-6-,11-5-/t13-,15-,16?,17+,20+/m1/s1. The molecule has 27 heavy (non-hydrogen) atoms. The van der Waals surface area contributed by atoms with E-state index in [2.05, 4.69) is 6.58 Å². The van der Waals surface area contributed by atoms with Crippen LogP contribution in [0, 0.1) is 11.8 Å². The molecule has 0 aromatic carbocycles. The normalized spacial score (nSPS) is 36.0. The third-order valence-electron chi connectivity index (χ3n) is 5.10. The van der Waals surface area contributed by atoms with E-state index in [9.17, 15) is 24.6 Å². The fourth-order valence-corrected chi connectivity index (χ4v) is 3.33. The minimum atomic E-state index is -1.47. The number of ketones is 1. The lowest BCUT2D eigenvalue weighted by Gasteiger charge is -2.33. The van der Waals surface area contributed by atoms with E-state index in [-0.39, 0.29) is 24.2 Å². The number of fused-ring (bicyclic) bond motifs is 1. The highest BCUT2D eigenvalue weighted by Gasteiger charge is 2.48. The second-order valence-electron chi connectivity index (χ2n) is 7.32. The number of aliphatic hydroxyl groups is 2. The summed E-state index contributed by atoms with van der Waals surface area (Å²) >= 11 is 0. The van der Waals surface area contributed by atoms with Gasteiger partial charge in [0.2, 0.25) is 0 Å². The number of carbonyl (C=O) groups excluding carboxylic acids is 3. The molecular formula is C20H26O7. The van der Waals surface area contributed by atoms with Gasteiger partial charge < -0.3 is 19.7 Å². The first-order valence-electron chi connectivity index (χ1n) is 8.89. The Morgan fingerprint density at radius 2 is 2.15 bits per heavy atom. The maximum Gasteiger partial charge on any atom is 0.334 e. The van der Waals surface area contributed by atoms with Crippen LogP contribution >= 0.6 is 0 Å². The van der Waals surface area contributed by atoms with E-state index in [1.807, 2.05) is 0 Å². The lowest BCUT2D eigenvalue weighted by Crippen LogP contribution is -2.41. The van der Waals surface area contributed by atoms with Crippen LogP contribution in [-0.4, -0.2) is 52.4 Å². The molecule has 1 saturated heterocycles. The highest BCUT2D eigenvalue weighted by atomic mass is 16.6. The van der Waals surface area contributed by atoms with Crippen LogP contribution in [-0.2, 0) is 23.9 Å². The molecule has 1 unspecified atom stereocenters. The molecule has 1 heterocycles. The number of rotatable bonds is 3. The fourth-order valence-electron chi connectivity index (χ4n) is 3.33. The maximum atomic E-state index is 12.3. The predicted molar refractivity (Wildman–Crippen MR) is 96.4 cm³/mol. The van der Waals surface area contributed by atoms with Crippen LogP contribution < -0.4 is 0 Å². The summed E-state index contributed by atoms with van der Waals surface area (Å²) < 4.78 is 10.9. The van der Waals surface area contributed by atoms with Crippen LogP contribution in [0.4, 0.5) is 0 Å². The SMILES string of the molecule is C=C1C(=O)O[C@@H]2C[C@H](CO)C(=O)/C=C\[C@](C)(O)CC(OC(=O)/C(C)=C\C)[C@@H]12.